The van der Waals surface area contributed by atoms with E-state index in [1.165, 1.54) is 0 Å². The Labute approximate surface area is 141 Å². The van der Waals surface area contributed by atoms with Crippen LogP contribution in [0.25, 0.3) is 0 Å². The lowest BCUT2D eigenvalue weighted by molar-refractivity contribution is 0.00578. The highest BCUT2D eigenvalue weighted by atomic mass is 16.7. The molecular weight excluding hydrogens is 289 g/mol. The summed E-state index contributed by atoms with van der Waals surface area (Å²) < 4.78 is 14.5. The number of likely N-dealkylation sites (N-methyl/N-ethyl adjacent to an activating group) is 1. The van der Waals surface area contributed by atoms with E-state index in [1.807, 2.05) is 6.92 Å². The van der Waals surface area contributed by atoms with Gasteiger partial charge in [0.25, 0.3) is 0 Å². The van der Waals surface area contributed by atoms with E-state index in [0.29, 0.717) is 0 Å². The van der Waals surface area contributed by atoms with Crippen LogP contribution >= 0.6 is 0 Å². The zero-order chi connectivity index (χ0) is 17.4. The van der Waals surface area contributed by atoms with Gasteiger partial charge in [0.1, 0.15) is 0 Å². The molecule has 1 aliphatic heterocycles. The summed E-state index contributed by atoms with van der Waals surface area (Å²) in [7, 11) is -0.331. The largest absolute Gasteiger partial charge is 0.498 e. The fourth-order valence-corrected chi connectivity index (χ4v) is 3.01. The minimum Gasteiger partial charge on any atom is -0.399 e. The zero-order valence-corrected chi connectivity index (χ0v) is 16.1. The Morgan fingerprint density at radius 3 is 2.04 bits per heavy atom. The lowest BCUT2D eigenvalue weighted by Crippen LogP contribution is -2.41. The lowest BCUT2D eigenvalue weighted by atomic mass is 9.77. The lowest BCUT2D eigenvalue weighted by Gasteiger charge is -2.32. The molecule has 0 saturated carbocycles. The van der Waals surface area contributed by atoms with E-state index in [-0.39, 0.29) is 18.3 Å². The number of aryl methyl sites for hydroxylation is 1. The molecule has 23 heavy (non-hydrogen) atoms. The van der Waals surface area contributed by atoms with Crippen LogP contribution in [0.2, 0.25) is 0 Å². The third-order valence-electron chi connectivity index (χ3n) is 5.45. The van der Waals surface area contributed by atoms with Crippen LogP contribution in [0.1, 0.15) is 52.9 Å². The number of aromatic nitrogens is 2. The van der Waals surface area contributed by atoms with Crippen molar-refractivity contribution in [2.45, 2.75) is 73.1 Å². The number of hydrogen-bond acceptors (Lipinski definition) is 4. The predicted octanol–water partition coefficient (Wildman–Crippen LogP) is 2.14. The number of rotatable bonds is 6. The summed E-state index contributed by atoms with van der Waals surface area (Å²) in [5.74, 6) is 0. The molecule has 0 aromatic carbocycles. The van der Waals surface area contributed by atoms with Gasteiger partial charge < -0.3 is 14.2 Å². The average molecular weight is 321 g/mol. The van der Waals surface area contributed by atoms with Gasteiger partial charge in [-0.25, -0.2) is 0 Å². The fraction of sp³-hybridized carbons (Fsp3) is 0.824. The molecule has 6 heteroatoms. The summed E-state index contributed by atoms with van der Waals surface area (Å²) in [5, 5.41) is 4.72. The highest BCUT2D eigenvalue weighted by molar-refractivity contribution is 6.63. The average Bonchev–Trinajstić information content (AvgIpc) is 2.84. The molecule has 1 fully saturated rings. The summed E-state index contributed by atoms with van der Waals surface area (Å²) in [6.45, 7) is 20.9. The maximum atomic E-state index is 6.21. The van der Waals surface area contributed by atoms with Crippen molar-refractivity contribution >= 4 is 12.6 Å². The van der Waals surface area contributed by atoms with Gasteiger partial charge in [-0.15, -0.1) is 0 Å². The topological polar surface area (TPSA) is 39.5 Å². The van der Waals surface area contributed by atoms with Crippen molar-refractivity contribution in [1.29, 1.82) is 0 Å². The van der Waals surface area contributed by atoms with Crippen LogP contribution in [-0.4, -0.2) is 52.6 Å². The van der Waals surface area contributed by atoms with Crippen molar-refractivity contribution in [1.82, 2.24) is 14.7 Å². The molecular formula is C17H32BN3O2. The van der Waals surface area contributed by atoms with Gasteiger partial charge in [-0.3, -0.25) is 4.68 Å². The predicted molar refractivity (Wildman–Crippen MR) is 95.2 cm³/mol. The molecule has 0 atom stereocenters. The van der Waals surface area contributed by atoms with E-state index in [9.17, 15) is 0 Å². The summed E-state index contributed by atoms with van der Waals surface area (Å²) in [5.41, 5.74) is 2.59. The third kappa shape index (κ3) is 3.49. The van der Waals surface area contributed by atoms with Crippen molar-refractivity contribution in [2.75, 3.05) is 19.6 Å². The molecule has 1 saturated heterocycles. The van der Waals surface area contributed by atoms with Gasteiger partial charge in [-0.2, -0.15) is 5.10 Å². The van der Waals surface area contributed by atoms with Crippen molar-refractivity contribution < 1.29 is 9.31 Å². The minimum absolute atomic E-state index is 0.320. The van der Waals surface area contributed by atoms with Crippen molar-refractivity contribution in [3.63, 3.8) is 0 Å². The molecule has 130 valence electrons. The first-order chi connectivity index (χ1) is 10.6. The van der Waals surface area contributed by atoms with Gasteiger partial charge in [0.2, 0.25) is 0 Å². The Kier molecular flexibility index (Phi) is 5.29. The van der Waals surface area contributed by atoms with Crippen LogP contribution in [0, 0.1) is 13.8 Å². The van der Waals surface area contributed by atoms with E-state index >= 15 is 0 Å². The molecule has 1 aliphatic rings. The van der Waals surface area contributed by atoms with Crippen LogP contribution in [0.4, 0.5) is 0 Å². The maximum absolute atomic E-state index is 6.21. The molecule has 0 bridgehead atoms. The van der Waals surface area contributed by atoms with Gasteiger partial charge in [-0.1, -0.05) is 13.8 Å². The molecule has 1 aromatic rings. The van der Waals surface area contributed by atoms with E-state index in [4.69, 9.17) is 14.4 Å². The first kappa shape index (κ1) is 18.5. The summed E-state index contributed by atoms with van der Waals surface area (Å²) in [6, 6.07) is 0. The first-order valence-electron chi connectivity index (χ1n) is 8.74. The third-order valence-corrected chi connectivity index (χ3v) is 5.45. The van der Waals surface area contributed by atoms with Crippen LogP contribution < -0.4 is 5.46 Å². The van der Waals surface area contributed by atoms with Crippen LogP contribution in [0.5, 0.6) is 0 Å². The molecule has 2 rings (SSSR count). The first-order valence-corrected chi connectivity index (χ1v) is 8.74. The number of nitrogens with zero attached hydrogens (tertiary/aromatic N) is 3. The van der Waals surface area contributed by atoms with Gasteiger partial charge in [0, 0.05) is 17.7 Å². The summed E-state index contributed by atoms with van der Waals surface area (Å²) >= 11 is 0. The number of hydrogen-bond donors (Lipinski definition) is 0. The monoisotopic (exact) mass is 321 g/mol. The smallest absolute Gasteiger partial charge is 0.399 e. The fourth-order valence-electron chi connectivity index (χ4n) is 3.01. The molecule has 0 unspecified atom stereocenters. The van der Waals surface area contributed by atoms with Gasteiger partial charge >= 0.3 is 7.12 Å². The molecule has 0 spiro atoms. The maximum Gasteiger partial charge on any atom is 0.498 e. The highest BCUT2D eigenvalue weighted by Gasteiger charge is 2.53. The van der Waals surface area contributed by atoms with Gasteiger partial charge in [-0.05, 0) is 54.6 Å². The molecule has 0 amide bonds. The van der Waals surface area contributed by atoms with Crippen molar-refractivity contribution in [3.05, 3.63) is 11.4 Å². The highest BCUT2D eigenvalue weighted by Crippen LogP contribution is 2.36. The Morgan fingerprint density at radius 1 is 1.04 bits per heavy atom. The SMILES string of the molecule is CCN(CC)CCn1nc(C)c(B2OC(C)(C)C(C)(C)O2)c1C. The van der Waals surface area contributed by atoms with Crippen LogP contribution in [-0.2, 0) is 15.9 Å². The Bertz CT molecular complexity index is 534. The van der Waals surface area contributed by atoms with Crippen LogP contribution in [0.15, 0.2) is 0 Å². The Balaban J connectivity index is 2.19. The Hall–Kier alpha value is -0.845. The normalized spacial score (nSPS) is 19.8. The minimum atomic E-state index is -0.331. The zero-order valence-electron chi connectivity index (χ0n) is 16.1. The van der Waals surface area contributed by atoms with E-state index in [2.05, 4.69) is 58.0 Å². The summed E-state index contributed by atoms with van der Waals surface area (Å²) in [4.78, 5) is 2.41. The summed E-state index contributed by atoms with van der Waals surface area (Å²) in [6.07, 6.45) is 0. The second-order valence-corrected chi connectivity index (χ2v) is 7.42. The second-order valence-electron chi connectivity index (χ2n) is 7.42. The quantitative estimate of drug-likeness (QED) is 0.753. The van der Waals surface area contributed by atoms with E-state index < -0.39 is 0 Å². The van der Waals surface area contributed by atoms with Gasteiger partial charge in [0.15, 0.2) is 0 Å². The molecule has 0 N–H and O–H groups in total. The van der Waals surface area contributed by atoms with Crippen molar-refractivity contribution in [3.8, 4) is 0 Å². The molecule has 2 heterocycles. The standard InChI is InChI=1S/C17H32BN3O2/c1-9-20(10-2)11-12-21-14(4)15(13(3)19-21)18-22-16(5,6)17(7,8)23-18/h9-12H2,1-8H3. The van der Waals surface area contributed by atoms with Gasteiger partial charge in [0.05, 0.1) is 23.4 Å². The van der Waals surface area contributed by atoms with Crippen molar-refractivity contribution in [2.24, 2.45) is 0 Å². The molecule has 0 aliphatic carbocycles. The van der Waals surface area contributed by atoms with E-state index in [0.717, 1.165) is 43.0 Å². The molecule has 0 radical (unpaired) electrons. The Morgan fingerprint density at radius 2 is 1.57 bits per heavy atom. The van der Waals surface area contributed by atoms with E-state index in [1.54, 1.807) is 0 Å². The molecule has 1 aromatic heterocycles. The second kappa shape index (κ2) is 6.57. The molecule has 5 nitrogen and oxygen atoms in total. The van der Waals surface area contributed by atoms with Crippen LogP contribution in [0.3, 0.4) is 0 Å².